The van der Waals surface area contributed by atoms with E-state index in [0.717, 1.165) is 19.3 Å². The Morgan fingerprint density at radius 1 is 1.33 bits per heavy atom. The summed E-state index contributed by atoms with van der Waals surface area (Å²) in [6, 6.07) is 4.08. The Bertz CT molecular complexity index is 245. The fourth-order valence-corrected chi connectivity index (χ4v) is 1.29. The van der Waals surface area contributed by atoms with E-state index in [1.165, 1.54) is 5.56 Å². The number of hydrogen-bond acceptors (Lipinski definition) is 2. The molecule has 0 aliphatic carbocycles. The van der Waals surface area contributed by atoms with Crippen LogP contribution in [0, 0.1) is 0 Å². The van der Waals surface area contributed by atoms with Crippen LogP contribution in [-0.2, 0) is 6.42 Å². The summed E-state index contributed by atoms with van der Waals surface area (Å²) in [7, 11) is 0. The number of hydrogen-bond donors (Lipinski definition) is 1. The van der Waals surface area contributed by atoms with E-state index in [9.17, 15) is 0 Å². The maximum absolute atomic E-state index is 5.88. The third-order valence-electron chi connectivity index (χ3n) is 2.01. The van der Waals surface area contributed by atoms with Gasteiger partial charge < -0.3 is 5.73 Å². The number of halogens is 2. The molecule has 0 saturated heterocycles. The number of pyridine rings is 1. The first-order chi connectivity index (χ1) is 6.08. The molecule has 0 radical (unpaired) electrons. The van der Waals surface area contributed by atoms with Gasteiger partial charge in [0.1, 0.15) is 0 Å². The van der Waals surface area contributed by atoms with Gasteiger partial charge in [0, 0.05) is 17.9 Å². The smallest absolute Gasteiger partial charge is 0.0299 e. The van der Waals surface area contributed by atoms with E-state index in [-0.39, 0.29) is 30.4 Å². The zero-order chi connectivity index (χ0) is 9.73. The molecule has 0 fully saturated rings. The lowest BCUT2D eigenvalue weighted by Crippen LogP contribution is -2.31. The number of aromatic nitrogens is 1. The summed E-state index contributed by atoms with van der Waals surface area (Å²) in [5, 5.41) is 0. The summed E-state index contributed by atoms with van der Waals surface area (Å²) in [4.78, 5) is 4.07. The van der Waals surface area contributed by atoms with Crippen molar-refractivity contribution in [3.63, 3.8) is 0 Å². The van der Waals surface area contributed by atoms with Crippen LogP contribution in [0.5, 0.6) is 0 Å². The SMILES string of the molecule is CC(C)(N)CCCc1cccnc1.Cl.Cl. The molecule has 0 aliphatic heterocycles. The number of nitrogens with zero attached hydrogens (tertiary/aromatic N) is 1. The van der Waals surface area contributed by atoms with Gasteiger partial charge in [-0.2, -0.15) is 0 Å². The van der Waals surface area contributed by atoms with E-state index in [2.05, 4.69) is 24.9 Å². The molecule has 1 aromatic heterocycles. The highest BCUT2D eigenvalue weighted by Gasteiger charge is 2.09. The predicted molar refractivity (Wildman–Crippen MR) is 69.9 cm³/mol. The van der Waals surface area contributed by atoms with Crippen LogP contribution in [0.4, 0.5) is 0 Å². The Morgan fingerprint density at radius 3 is 2.47 bits per heavy atom. The van der Waals surface area contributed by atoms with Crippen molar-refractivity contribution in [2.24, 2.45) is 5.73 Å². The summed E-state index contributed by atoms with van der Waals surface area (Å²) in [6.07, 6.45) is 6.99. The molecule has 0 aliphatic rings. The Balaban J connectivity index is 0. The van der Waals surface area contributed by atoms with Crippen molar-refractivity contribution < 1.29 is 0 Å². The van der Waals surface area contributed by atoms with Crippen molar-refractivity contribution in [2.75, 3.05) is 0 Å². The average Bonchev–Trinajstić information content (AvgIpc) is 2.04. The van der Waals surface area contributed by atoms with E-state index in [4.69, 9.17) is 5.73 Å². The summed E-state index contributed by atoms with van der Waals surface area (Å²) >= 11 is 0. The molecule has 0 atom stereocenters. The molecular formula is C11H20Cl2N2. The molecule has 1 aromatic rings. The van der Waals surface area contributed by atoms with Gasteiger partial charge in [-0.25, -0.2) is 0 Å². The van der Waals surface area contributed by atoms with Gasteiger partial charge in [-0.3, -0.25) is 4.98 Å². The second-order valence-electron chi connectivity index (χ2n) is 4.20. The number of nitrogens with two attached hydrogens (primary N) is 1. The van der Waals surface area contributed by atoms with Crippen molar-refractivity contribution in [1.29, 1.82) is 0 Å². The van der Waals surface area contributed by atoms with E-state index in [0.29, 0.717) is 0 Å². The minimum atomic E-state index is -0.0395. The summed E-state index contributed by atoms with van der Waals surface area (Å²) in [6.45, 7) is 4.13. The van der Waals surface area contributed by atoms with Crippen molar-refractivity contribution in [2.45, 2.75) is 38.6 Å². The fourth-order valence-electron chi connectivity index (χ4n) is 1.29. The lowest BCUT2D eigenvalue weighted by molar-refractivity contribution is 0.459. The van der Waals surface area contributed by atoms with Crippen LogP contribution in [0.15, 0.2) is 24.5 Å². The van der Waals surface area contributed by atoms with Gasteiger partial charge in [-0.15, -0.1) is 24.8 Å². The Hall–Kier alpha value is -0.310. The Labute approximate surface area is 104 Å². The van der Waals surface area contributed by atoms with Gasteiger partial charge in [-0.05, 0) is 44.7 Å². The molecule has 0 spiro atoms. The highest BCUT2D eigenvalue weighted by molar-refractivity contribution is 5.85. The lowest BCUT2D eigenvalue weighted by Gasteiger charge is -2.17. The molecule has 2 N–H and O–H groups in total. The van der Waals surface area contributed by atoms with Crippen molar-refractivity contribution >= 4 is 24.8 Å². The van der Waals surface area contributed by atoms with Crippen LogP contribution in [0.25, 0.3) is 0 Å². The molecule has 0 amide bonds. The van der Waals surface area contributed by atoms with Gasteiger partial charge in [0.25, 0.3) is 0 Å². The number of rotatable bonds is 4. The highest BCUT2D eigenvalue weighted by atomic mass is 35.5. The Morgan fingerprint density at radius 2 is 2.00 bits per heavy atom. The maximum atomic E-state index is 5.88. The monoisotopic (exact) mass is 250 g/mol. The van der Waals surface area contributed by atoms with Gasteiger partial charge in [-0.1, -0.05) is 6.07 Å². The standard InChI is InChI=1S/C11H18N2.2ClH/c1-11(2,12)7-3-5-10-6-4-8-13-9-10;;/h4,6,8-9H,3,5,7,12H2,1-2H3;2*1H. The van der Waals surface area contributed by atoms with E-state index in [1.54, 1.807) is 6.20 Å². The topological polar surface area (TPSA) is 38.9 Å². The molecule has 88 valence electrons. The highest BCUT2D eigenvalue weighted by Crippen LogP contribution is 2.10. The normalized spacial score (nSPS) is 10.1. The summed E-state index contributed by atoms with van der Waals surface area (Å²) < 4.78 is 0. The van der Waals surface area contributed by atoms with Crippen LogP contribution in [-0.4, -0.2) is 10.5 Å². The quantitative estimate of drug-likeness (QED) is 0.893. The van der Waals surface area contributed by atoms with E-state index < -0.39 is 0 Å². The fraction of sp³-hybridized carbons (Fsp3) is 0.545. The molecule has 0 aromatic carbocycles. The molecule has 4 heteroatoms. The van der Waals surface area contributed by atoms with Crippen LogP contribution < -0.4 is 5.73 Å². The summed E-state index contributed by atoms with van der Waals surface area (Å²) in [5.41, 5.74) is 7.14. The van der Waals surface area contributed by atoms with Crippen LogP contribution in [0.3, 0.4) is 0 Å². The van der Waals surface area contributed by atoms with Gasteiger partial charge in [0.05, 0.1) is 0 Å². The second-order valence-corrected chi connectivity index (χ2v) is 4.20. The van der Waals surface area contributed by atoms with E-state index in [1.807, 2.05) is 12.3 Å². The van der Waals surface area contributed by atoms with Crippen LogP contribution in [0.2, 0.25) is 0 Å². The number of aryl methyl sites for hydroxylation is 1. The third kappa shape index (κ3) is 8.67. The molecular weight excluding hydrogens is 231 g/mol. The average molecular weight is 251 g/mol. The minimum Gasteiger partial charge on any atom is -0.326 e. The van der Waals surface area contributed by atoms with Crippen LogP contribution >= 0.6 is 24.8 Å². The van der Waals surface area contributed by atoms with Crippen molar-refractivity contribution in [3.8, 4) is 0 Å². The van der Waals surface area contributed by atoms with Gasteiger partial charge >= 0.3 is 0 Å². The lowest BCUT2D eigenvalue weighted by atomic mass is 9.97. The molecule has 15 heavy (non-hydrogen) atoms. The second kappa shape index (κ2) is 7.91. The first kappa shape index (κ1) is 17.1. The largest absolute Gasteiger partial charge is 0.326 e. The molecule has 0 saturated carbocycles. The molecule has 0 unspecified atom stereocenters. The van der Waals surface area contributed by atoms with Crippen LogP contribution in [0.1, 0.15) is 32.3 Å². The zero-order valence-electron chi connectivity index (χ0n) is 9.27. The first-order valence-corrected chi connectivity index (χ1v) is 4.76. The van der Waals surface area contributed by atoms with Crippen molar-refractivity contribution in [3.05, 3.63) is 30.1 Å². The predicted octanol–water partition coefficient (Wildman–Crippen LogP) is 2.99. The summed E-state index contributed by atoms with van der Waals surface area (Å²) in [5.74, 6) is 0. The third-order valence-corrected chi connectivity index (χ3v) is 2.01. The molecule has 0 bridgehead atoms. The molecule has 1 heterocycles. The molecule has 1 rings (SSSR count). The van der Waals surface area contributed by atoms with E-state index >= 15 is 0 Å². The van der Waals surface area contributed by atoms with Gasteiger partial charge in [0.2, 0.25) is 0 Å². The zero-order valence-corrected chi connectivity index (χ0v) is 10.9. The van der Waals surface area contributed by atoms with Gasteiger partial charge in [0.15, 0.2) is 0 Å². The first-order valence-electron chi connectivity index (χ1n) is 4.76. The Kier molecular flexibility index (Phi) is 9.02. The maximum Gasteiger partial charge on any atom is 0.0299 e. The molecule has 2 nitrogen and oxygen atoms in total. The van der Waals surface area contributed by atoms with Crippen molar-refractivity contribution in [1.82, 2.24) is 4.98 Å². The minimum absolute atomic E-state index is 0.